The smallest absolute Gasteiger partial charge is 0.0835 e. The molecular weight excluding hydrogens is 152 g/mol. The molecule has 0 unspecified atom stereocenters. The van der Waals surface area contributed by atoms with Gasteiger partial charge in [-0.2, -0.15) is 0 Å². The van der Waals surface area contributed by atoms with Gasteiger partial charge in [0.05, 0.1) is 12.2 Å². The molecule has 12 heavy (non-hydrogen) atoms. The first-order valence-electron chi connectivity index (χ1n) is 4.82. The maximum atomic E-state index is 9.74. The number of aliphatic hydroxyl groups excluding tert-OH is 2. The molecule has 5 atom stereocenters. The number of hydrogen-bond acceptors (Lipinski definition) is 2. The molecule has 2 nitrogen and oxygen atoms in total. The normalized spacial score (nSPS) is 56.2. The van der Waals surface area contributed by atoms with Crippen molar-refractivity contribution in [1.82, 2.24) is 0 Å². The van der Waals surface area contributed by atoms with Crippen molar-refractivity contribution in [3.8, 4) is 0 Å². The van der Waals surface area contributed by atoms with E-state index in [-0.39, 0.29) is 11.3 Å². The van der Waals surface area contributed by atoms with Crippen molar-refractivity contribution in [3.63, 3.8) is 0 Å². The molecule has 0 aromatic carbocycles. The van der Waals surface area contributed by atoms with Gasteiger partial charge in [-0.1, -0.05) is 20.8 Å². The molecule has 0 aliphatic heterocycles. The van der Waals surface area contributed by atoms with Crippen LogP contribution < -0.4 is 0 Å². The zero-order chi connectivity index (χ0) is 9.09. The van der Waals surface area contributed by atoms with Crippen molar-refractivity contribution in [3.05, 3.63) is 0 Å². The molecule has 2 N–H and O–H groups in total. The zero-order valence-corrected chi connectivity index (χ0v) is 7.99. The largest absolute Gasteiger partial charge is 0.390 e. The van der Waals surface area contributed by atoms with Gasteiger partial charge >= 0.3 is 0 Å². The molecular formula is C10H18O2. The monoisotopic (exact) mass is 170 g/mol. The molecule has 70 valence electrons. The summed E-state index contributed by atoms with van der Waals surface area (Å²) < 4.78 is 0. The molecule has 0 spiro atoms. The van der Waals surface area contributed by atoms with E-state index in [4.69, 9.17) is 0 Å². The van der Waals surface area contributed by atoms with Crippen LogP contribution in [0.15, 0.2) is 0 Å². The van der Waals surface area contributed by atoms with E-state index in [1.807, 2.05) is 0 Å². The lowest BCUT2D eigenvalue weighted by Crippen LogP contribution is -2.64. The summed E-state index contributed by atoms with van der Waals surface area (Å²) >= 11 is 0. The highest BCUT2D eigenvalue weighted by Crippen LogP contribution is 2.61. The summed E-state index contributed by atoms with van der Waals surface area (Å²) in [5.41, 5.74) is 0.248. The fourth-order valence-corrected chi connectivity index (χ4v) is 3.25. The fourth-order valence-electron chi connectivity index (χ4n) is 3.25. The van der Waals surface area contributed by atoms with Crippen LogP contribution in [0.3, 0.4) is 0 Å². The molecule has 0 saturated heterocycles. The van der Waals surface area contributed by atoms with Crippen molar-refractivity contribution in [2.24, 2.45) is 23.2 Å². The molecule has 0 aromatic heterocycles. The van der Waals surface area contributed by atoms with Gasteiger partial charge in [0.2, 0.25) is 0 Å². The lowest BCUT2D eigenvalue weighted by atomic mass is 9.44. The van der Waals surface area contributed by atoms with Crippen LogP contribution in [0.5, 0.6) is 0 Å². The maximum absolute atomic E-state index is 9.74. The summed E-state index contributed by atoms with van der Waals surface area (Å²) in [6, 6.07) is 0. The molecule has 3 saturated carbocycles. The molecule has 0 amide bonds. The molecule has 0 heterocycles. The van der Waals surface area contributed by atoms with Crippen LogP contribution in [0.1, 0.15) is 27.2 Å². The topological polar surface area (TPSA) is 40.5 Å². The van der Waals surface area contributed by atoms with Gasteiger partial charge in [0, 0.05) is 0 Å². The fraction of sp³-hybridized carbons (Fsp3) is 1.00. The van der Waals surface area contributed by atoms with Crippen molar-refractivity contribution >= 4 is 0 Å². The maximum Gasteiger partial charge on any atom is 0.0835 e. The van der Waals surface area contributed by atoms with Gasteiger partial charge in [-0.15, -0.1) is 0 Å². The Hall–Kier alpha value is -0.0800. The van der Waals surface area contributed by atoms with Gasteiger partial charge in [0.15, 0.2) is 0 Å². The van der Waals surface area contributed by atoms with E-state index in [2.05, 4.69) is 20.8 Å². The van der Waals surface area contributed by atoms with Crippen molar-refractivity contribution in [1.29, 1.82) is 0 Å². The minimum atomic E-state index is -0.486. The molecule has 3 fully saturated rings. The second-order valence-electron chi connectivity index (χ2n) is 5.11. The number of aliphatic hydroxyl groups is 2. The summed E-state index contributed by atoms with van der Waals surface area (Å²) in [7, 11) is 0. The lowest BCUT2D eigenvalue weighted by Gasteiger charge is -2.63. The van der Waals surface area contributed by atoms with Gasteiger partial charge in [-0.05, 0) is 29.6 Å². The summed E-state index contributed by atoms with van der Waals surface area (Å²) in [4.78, 5) is 0. The van der Waals surface area contributed by atoms with Crippen LogP contribution >= 0.6 is 0 Å². The highest BCUT2D eigenvalue weighted by molar-refractivity contribution is 5.09. The minimum Gasteiger partial charge on any atom is -0.390 e. The molecule has 0 radical (unpaired) electrons. The molecule has 2 bridgehead atoms. The van der Waals surface area contributed by atoms with E-state index in [9.17, 15) is 10.2 Å². The van der Waals surface area contributed by atoms with Gasteiger partial charge in [0.25, 0.3) is 0 Å². The van der Waals surface area contributed by atoms with Crippen LogP contribution in [-0.4, -0.2) is 22.4 Å². The summed E-state index contributed by atoms with van der Waals surface area (Å²) in [6.45, 7) is 6.46. The highest BCUT2D eigenvalue weighted by Gasteiger charge is 2.60. The third kappa shape index (κ3) is 0.775. The summed E-state index contributed by atoms with van der Waals surface area (Å²) in [5.74, 6) is 1.20. The molecule has 2 heteroatoms. The Morgan fingerprint density at radius 1 is 1.08 bits per heavy atom. The Balaban J connectivity index is 2.24. The minimum absolute atomic E-state index is 0.248. The van der Waals surface area contributed by atoms with E-state index in [1.165, 1.54) is 0 Å². The third-order valence-corrected chi connectivity index (χ3v) is 4.35. The standard InChI is InChI=1S/C10H18O2/c1-5-6-4-7(10(6,2)3)9(12)8(5)11/h5-9,11-12H,4H2,1-3H3/t5-,6-,7+,8-,9+/m1/s1. The first-order valence-corrected chi connectivity index (χ1v) is 4.82. The summed E-state index contributed by atoms with van der Waals surface area (Å²) in [6.07, 6.45) is 0.133. The summed E-state index contributed by atoms with van der Waals surface area (Å²) in [5, 5.41) is 19.4. The first-order chi connectivity index (χ1) is 5.46. The first kappa shape index (κ1) is 8.52. The molecule has 3 aliphatic rings. The molecule has 3 aliphatic carbocycles. The highest BCUT2D eigenvalue weighted by atomic mass is 16.3. The van der Waals surface area contributed by atoms with Crippen molar-refractivity contribution < 1.29 is 10.2 Å². The van der Waals surface area contributed by atoms with Gasteiger partial charge in [0.1, 0.15) is 0 Å². The quantitative estimate of drug-likeness (QED) is 0.570. The van der Waals surface area contributed by atoms with Crippen molar-refractivity contribution in [2.75, 3.05) is 0 Å². The Morgan fingerprint density at radius 2 is 1.67 bits per heavy atom. The molecule has 0 aromatic rings. The Labute approximate surface area is 73.6 Å². The van der Waals surface area contributed by atoms with Crippen LogP contribution in [0.2, 0.25) is 0 Å². The number of rotatable bonds is 0. The second kappa shape index (κ2) is 2.24. The van der Waals surface area contributed by atoms with Gasteiger partial charge in [-0.3, -0.25) is 0 Å². The average Bonchev–Trinajstić information content (AvgIpc) is 1.98. The number of hydrogen-bond donors (Lipinski definition) is 2. The predicted octanol–water partition coefficient (Wildman–Crippen LogP) is 1.02. The Kier molecular flexibility index (Phi) is 1.59. The van der Waals surface area contributed by atoms with Crippen LogP contribution in [0.4, 0.5) is 0 Å². The van der Waals surface area contributed by atoms with E-state index >= 15 is 0 Å². The zero-order valence-electron chi connectivity index (χ0n) is 7.99. The third-order valence-electron chi connectivity index (χ3n) is 4.35. The second-order valence-corrected chi connectivity index (χ2v) is 5.11. The van der Waals surface area contributed by atoms with E-state index in [1.54, 1.807) is 0 Å². The van der Waals surface area contributed by atoms with Crippen LogP contribution in [0, 0.1) is 23.2 Å². The Bertz CT molecular complexity index is 182. The predicted molar refractivity (Wildman–Crippen MR) is 46.6 cm³/mol. The van der Waals surface area contributed by atoms with E-state index < -0.39 is 12.2 Å². The van der Waals surface area contributed by atoms with Crippen LogP contribution in [-0.2, 0) is 0 Å². The van der Waals surface area contributed by atoms with E-state index in [0.717, 1.165) is 6.42 Å². The van der Waals surface area contributed by atoms with Crippen LogP contribution in [0.25, 0.3) is 0 Å². The SMILES string of the molecule is C[C@H]1[C@@H](O)[C@@H](O)[C@@H]2C[C@H]1C2(C)C. The Morgan fingerprint density at radius 3 is 2.08 bits per heavy atom. The van der Waals surface area contributed by atoms with Gasteiger partial charge < -0.3 is 10.2 Å². The van der Waals surface area contributed by atoms with Gasteiger partial charge in [-0.25, -0.2) is 0 Å². The lowest BCUT2D eigenvalue weighted by molar-refractivity contribution is -0.222. The average molecular weight is 170 g/mol. The number of fused-ring (bicyclic) bond motifs is 2. The molecule has 3 rings (SSSR count). The van der Waals surface area contributed by atoms with E-state index in [0.29, 0.717) is 11.8 Å². The van der Waals surface area contributed by atoms with Crippen molar-refractivity contribution in [2.45, 2.75) is 39.4 Å².